The molecule has 16 heavy (non-hydrogen) atoms. The second kappa shape index (κ2) is 3.92. The monoisotopic (exact) mass is 250 g/mol. The Morgan fingerprint density at radius 3 is 1.62 bits per heavy atom. The number of hydrogen-bond acceptors (Lipinski definition) is 0. The van der Waals surface area contributed by atoms with Crippen LogP contribution in [0.4, 0.5) is 30.7 Å². The van der Waals surface area contributed by atoms with E-state index in [9.17, 15) is 30.7 Å². The maximum absolute atomic E-state index is 13.4. The molecular formula is C9H9F7. The summed E-state index contributed by atoms with van der Waals surface area (Å²) in [6.45, 7) is 0. The van der Waals surface area contributed by atoms with Crippen molar-refractivity contribution < 1.29 is 30.7 Å². The highest BCUT2D eigenvalue weighted by atomic mass is 19.4. The Labute approximate surface area is 87.1 Å². The summed E-state index contributed by atoms with van der Waals surface area (Å²) in [5, 5.41) is 0. The zero-order valence-corrected chi connectivity index (χ0v) is 8.05. The Kier molecular flexibility index (Phi) is 3.27. The maximum atomic E-state index is 13.4. The van der Waals surface area contributed by atoms with Crippen molar-refractivity contribution in [2.45, 2.75) is 43.7 Å². The van der Waals surface area contributed by atoms with Gasteiger partial charge in [-0.25, -0.2) is 4.39 Å². The smallest absolute Gasteiger partial charge is 0.219 e. The standard InChI is InChI=1S/C9H9F7/c10-7(8(11,12)13,9(14,15)16)6-4-2-1-3-5-6/h4H,1-3,5H2. The first-order chi connectivity index (χ1) is 7.11. The van der Waals surface area contributed by atoms with Gasteiger partial charge in [0, 0.05) is 0 Å². The first-order valence-electron chi connectivity index (χ1n) is 4.62. The first kappa shape index (κ1) is 13.3. The van der Waals surface area contributed by atoms with Gasteiger partial charge in [0.15, 0.2) is 0 Å². The lowest BCUT2D eigenvalue weighted by Gasteiger charge is -2.33. The van der Waals surface area contributed by atoms with E-state index in [2.05, 4.69) is 0 Å². The van der Waals surface area contributed by atoms with E-state index >= 15 is 0 Å². The molecule has 1 aliphatic rings. The summed E-state index contributed by atoms with van der Waals surface area (Å²) >= 11 is 0. The van der Waals surface area contributed by atoms with Crippen LogP contribution in [0.15, 0.2) is 11.6 Å². The summed E-state index contributed by atoms with van der Waals surface area (Å²) in [5.41, 5.74) is -6.40. The third kappa shape index (κ3) is 2.04. The van der Waals surface area contributed by atoms with Crippen molar-refractivity contribution in [2.75, 3.05) is 0 Å². The fourth-order valence-corrected chi connectivity index (χ4v) is 1.68. The third-order valence-corrected chi connectivity index (χ3v) is 2.51. The summed E-state index contributed by atoms with van der Waals surface area (Å²) in [4.78, 5) is 0. The molecule has 0 N–H and O–H groups in total. The molecule has 0 aromatic rings. The summed E-state index contributed by atoms with van der Waals surface area (Å²) in [7, 11) is 0. The normalized spacial score (nSPS) is 19.6. The van der Waals surface area contributed by atoms with Crippen molar-refractivity contribution in [3.63, 3.8) is 0 Å². The largest absolute Gasteiger partial charge is 0.435 e. The van der Waals surface area contributed by atoms with Crippen molar-refractivity contribution in [2.24, 2.45) is 0 Å². The van der Waals surface area contributed by atoms with E-state index in [1.807, 2.05) is 0 Å². The quantitative estimate of drug-likeness (QED) is 0.480. The molecule has 0 fully saturated rings. The molecule has 0 saturated carbocycles. The summed E-state index contributed by atoms with van der Waals surface area (Å²) in [5.74, 6) is 0. The molecule has 0 aromatic heterocycles. The van der Waals surface area contributed by atoms with Crippen LogP contribution in [0.3, 0.4) is 0 Å². The van der Waals surface area contributed by atoms with Gasteiger partial charge in [0.1, 0.15) is 0 Å². The topological polar surface area (TPSA) is 0 Å². The van der Waals surface area contributed by atoms with E-state index in [4.69, 9.17) is 0 Å². The maximum Gasteiger partial charge on any atom is 0.435 e. The Morgan fingerprint density at radius 1 is 0.812 bits per heavy atom. The SMILES string of the molecule is FC(F)(F)C(F)(C1=CCCCC1)C(F)(F)F. The predicted octanol–water partition coefficient (Wildman–Crippen LogP) is 4.32. The van der Waals surface area contributed by atoms with Crippen LogP contribution in [-0.4, -0.2) is 18.0 Å². The van der Waals surface area contributed by atoms with Crippen LogP contribution in [0.25, 0.3) is 0 Å². The van der Waals surface area contributed by atoms with E-state index in [1.54, 1.807) is 0 Å². The molecule has 0 amide bonds. The van der Waals surface area contributed by atoms with Crippen molar-refractivity contribution in [3.8, 4) is 0 Å². The Bertz CT molecular complexity index is 269. The molecule has 0 unspecified atom stereocenters. The molecule has 0 spiro atoms. The highest BCUT2D eigenvalue weighted by Gasteiger charge is 2.73. The summed E-state index contributed by atoms with van der Waals surface area (Å²) in [6.07, 6.45) is -11.0. The second-order valence-electron chi connectivity index (χ2n) is 3.63. The fourth-order valence-electron chi connectivity index (χ4n) is 1.68. The van der Waals surface area contributed by atoms with E-state index in [-0.39, 0.29) is 12.8 Å². The molecule has 7 heteroatoms. The van der Waals surface area contributed by atoms with Crippen LogP contribution >= 0.6 is 0 Å². The zero-order valence-electron chi connectivity index (χ0n) is 8.05. The van der Waals surface area contributed by atoms with Crippen LogP contribution in [0.5, 0.6) is 0 Å². The van der Waals surface area contributed by atoms with Crippen LogP contribution < -0.4 is 0 Å². The Balaban J connectivity index is 3.20. The minimum absolute atomic E-state index is 0.0488. The van der Waals surface area contributed by atoms with E-state index in [0.717, 1.165) is 0 Å². The van der Waals surface area contributed by atoms with Gasteiger partial charge in [-0.2, -0.15) is 26.3 Å². The zero-order chi connectivity index (χ0) is 12.6. The predicted molar refractivity (Wildman–Crippen MR) is 42.5 cm³/mol. The van der Waals surface area contributed by atoms with Gasteiger partial charge in [-0.15, -0.1) is 0 Å². The lowest BCUT2D eigenvalue weighted by atomic mass is 9.86. The molecule has 0 radical (unpaired) electrons. The highest BCUT2D eigenvalue weighted by molar-refractivity contribution is 5.25. The molecule has 0 nitrogen and oxygen atoms in total. The van der Waals surface area contributed by atoms with Gasteiger partial charge in [-0.1, -0.05) is 6.08 Å². The van der Waals surface area contributed by atoms with E-state index < -0.39 is 30.0 Å². The van der Waals surface area contributed by atoms with Gasteiger partial charge in [-0.05, 0) is 31.3 Å². The number of hydrogen-bond donors (Lipinski definition) is 0. The molecule has 1 rings (SSSR count). The second-order valence-corrected chi connectivity index (χ2v) is 3.63. The Hall–Kier alpha value is -0.750. The molecule has 0 saturated heterocycles. The van der Waals surface area contributed by atoms with Crippen molar-refractivity contribution in [1.82, 2.24) is 0 Å². The van der Waals surface area contributed by atoms with Gasteiger partial charge in [0.25, 0.3) is 0 Å². The molecule has 0 bridgehead atoms. The average Bonchev–Trinajstić information content (AvgIpc) is 2.14. The van der Waals surface area contributed by atoms with Crippen molar-refractivity contribution in [1.29, 1.82) is 0 Å². The fraction of sp³-hybridized carbons (Fsp3) is 0.778. The van der Waals surface area contributed by atoms with Crippen LogP contribution in [0, 0.1) is 0 Å². The molecule has 1 aliphatic carbocycles. The lowest BCUT2D eigenvalue weighted by Crippen LogP contribution is -2.54. The van der Waals surface area contributed by atoms with Crippen LogP contribution in [0.2, 0.25) is 0 Å². The molecule has 0 atom stereocenters. The molecular weight excluding hydrogens is 241 g/mol. The number of halogens is 7. The Morgan fingerprint density at radius 2 is 1.31 bits per heavy atom. The van der Waals surface area contributed by atoms with Gasteiger partial charge < -0.3 is 0 Å². The summed E-state index contributed by atoms with van der Waals surface area (Å²) < 4.78 is 86.9. The molecule has 0 aromatic carbocycles. The average molecular weight is 250 g/mol. The molecule has 0 heterocycles. The highest BCUT2D eigenvalue weighted by Crippen LogP contribution is 2.52. The molecule has 0 aliphatic heterocycles. The summed E-state index contributed by atoms with van der Waals surface area (Å²) in [6, 6.07) is 0. The number of allylic oxidation sites excluding steroid dienone is 2. The van der Waals surface area contributed by atoms with Crippen LogP contribution in [-0.2, 0) is 0 Å². The number of rotatable bonds is 1. The number of alkyl halides is 7. The lowest BCUT2D eigenvalue weighted by molar-refractivity contribution is -0.327. The van der Waals surface area contributed by atoms with Gasteiger partial charge in [0.2, 0.25) is 0 Å². The molecule has 94 valence electrons. The minimum Gasteiger partial charge on any atom is -0.219 e. The van der Waals surface area contributed by atoms with Gasteiger partial charge >= 0.3 is 18.0 Å². The van der Waals surface area contributed by atoms with E-state index in [0.29, 0.717) is 12.5 Å². The van der Waals surface area contributed by atoms with Crippen molar-refractivity contribution in [3.05, 3.63) is 11.6 Å². The van der Waals surface area contributed by atoms with Crippen molar-refractivity contribution >= 4 is 0 Å². The van der Waals surface area contributed by atoms with Gasteiger partial charge in [0.05, 0.1) is 0 Å². The third-order valence-electron chi connectivity index (χ3n) is 2.51. The van der Waals surface area contributed by atoms with E-state index in [1.165, 1.54) is 0 Å². The van der Waals surface area contributed by atoms with Gasteiger partial charge in [-0.3, -0.25) is 0 Å². The first-order valence-corrected chi connectivity index (χ1v) is 4.62. The van der Waals surface area contributed by atoms with Crippen LogP contribution in [0.1, 0.15) is 25.7 Å². The minimum atomic E-state index is -5.96.